The Bertz CT molecular complexity index is 873. The van der Waals surface area contributed by atoms with E-state index in [0.717, 1.165) is 17.5 Å². The van der Waals surface area contributed by atoms with Gasteiger partial charge in [0.1, 0.15) is 0 Å². The Morgan fingerprint density at radius 2 is 2.08 bits per heavy atom. The van der Waals surface area contributed by atoms with E-state index in [9.17, 15) is 0 Å². The summed E-state index contributed by atoms with van der Waals surface area (Å²) < 4.78 is 17.0. The normalized spacial score (nSPS) is 13.5. The molecule has 1 aliphatic heterocycles. The van der Waals surface area contributed by atoms with Crippen LogP contribution in [0, 0.1) is 0 Å². The molecule has 4 rings (SSSR count). The predicted octanol–water partition coefficient (Wildman–Crippen LogP) is 4.24. The molecule has 0 bridgehead atoms. The molecule has 1 aromatic carbocycles. The standard InChI is InChI=1S/C17H14ClN3O3S/c18-13-7-11(8-14-15(13)23-6-2-5-22-14)10-25-17-21-20-16(24-17)12-3-1-4-19-9-12/h1,3-4,7-9H,2,5-6,10H2. The van der Waals surface area contributed by atoms with Gasteiger partial charge in [-0.3, -0.25) is 4.98 Å². The van der Waals surface area contributed by atoms with E-state index < -0.39 is 0 Å². The Hall–Kier alpha value is -2.25. The minimum Gasteiger partial charge on any atom is -0.489 e. The van der Waals surface area contributed by atoms with Crippen LogP contribution >= 0.6 is 23.4 Å². The van der Waals surface area contributed by atoms with Crippen molar-refractivity contribution in [2.75, 3.05) is 13.2 Å². The summed E-state index contributed by atoms with van der Waals surface area (Å²) in [5.41, 5.74) is 1.79. The summed E-state index contributed by atoms with van der Waals surface area (Å²) >= 11 is 7.75. The third kappa shape index (κ3) is 3.72. The largest absolute Gasteiger partial charge is 0.489 e. The maximum atomic E-state index is 6.31. The number of hydrogen-bond acceptors (Lipinski definition) is 7. The number of hydrogen-bond donors (Lipinski definition) is 0. The maximum absolute atomic E-state index is 6.31. The number of nitrogens with zero attached hydrogens (tertiary/aromatic N) is 3. The quantitative estimate of drug-likeness (QED) is 0.631. The van der Waals surface area contributed by atoms with Crippen molar-refractivity contribution in [1.29, 1.82) is 0 Å². The molecule has 0 saturated carbocycles. The lowest BCUT2D eigenvalue weighted by Gasteiger charge is -2.10. The molecule has 0 amide bonds. The van der Waals surface area contributed by atoms with Gasteiger partial charge in [0.05, 0.1) is 23.8 Å². The van der Waals surface area contributed by atoms with E-state index in [2.05, 4.69) is 15.2 Å². The van der Waals surface area contributed by atoms with Gasteiger partial charge < -0.3 is 13.9 Å². The van der Waals surface area contributed by atoms with E-state index in [1.807, 2.05) is 24.3 Å². The zero-order valence-electron chi connectivity index (χ0n) is 13.1. The fraction of sp³-hybridized carbons (Fsp3) is 0.235. The van der Waals surface area contributed by atoms with Gasteiger partial charge in [0, 0.05) is 24.6 Å². The monoisotopic (exact) mass is 375 g/mol. The first-order valence-electron chi connectivity index (χ1n) is 7.74. The summed E-state index contributed by atoms with van der Waals surface area (Å²) in [5.74, 6) is 2.38. The smallest absolute Gasteiger partial charge is 0.277 e. The second-order valence-electron chi connectivity index (χ2n) is 5.36. The lowest BCUT2D eigenvalue weighted by atomic mass is 10.2. The highest BCUT2D eigenvalue weighted by Gasteiger charge is 2.16. The van der Waals surface area contributed by atoms with Gasteiger partial charge >= 0.3 is 0 Å². The average molecular weight is 376 g/mol. The number of benzene rings is 1. The molecule has 0 fully saturated rings. The Labute approximate surface area is 153 Å². The Kier molecular flexibility index (Phi) is 4.76. The number of pyridine rings is 1. The summed E-state index contributed by atoms with van der Waals surface area (Å²) in [6, 6.07) is 7.52. The number of ether oxygens (including phenoxy) is 2. The Balaban J connectivity index is 1.48. The summed E-state index contributed by atoms with van der Waals surface area (Å²) in [4.78, 5) is 4.05. The predicted molar refractivity (Wildman–Crippen MR) is 94.1 cm³/mol. The van der Waals surface area contributed by atoms with Gasteiger partial charge in [0.25, 0.3) is 5.22 Å². The van der Waals surface area contributed by atoms with E-state index in [1.54, 1.807) is 12.4 Å². The number of halogens is 1. The van der Waals surface area contributed by atoms with Crippen LogP contribution in [0.4, 0.5) is 0 Å². The maximum Gasteiger partial charge on any atom is 0.277 e. The molecular weight excluding hydrogens is 362 g/mol. The van der Waals surface area contributed by atoms with Crippen LogP contribution in [0.5, 0.6) is 11.5 Å². The molecule has 0 saturated heterocycles. The first-order valence-corrected chi connectivity index (χ1v) is 9.11. The van der Waals surface area contributed by atoms with Crippen LogP contribution in [0.1, 0.15) is 12.0 Å². The molecule has 25 heavy (non-hydrogen) atoms. The Morgan fingerprint density at radius 3 is 2.96 bits per heavy atom. The first kappa shape index (κ1) is 16.2. The van der Waals surface area contributed by atoms with Gasteiger partial charge in [0.15, 0.2) is 11.5 Å². The van der Waals surface area contributed by atoms with Gasteiger partial charge in [-0.1, -0.05) is 23.4 Å². The fourth-order valence-electron chi connectivity index (χ4n) is 2.39. The van der Waals surface area contributed by atoms with Crippen LogP contribution < -0.4 is 9.47 Å². The highest BCUT2D eigenvalue weighted by molar-refractivity contribution is 7.98. The van der Waals surface area contributed by atoms with Gasteiger partial charge in [-0.2, -0.15) is 0 Å². The summed E-state index contributed by atoms with van der Waals surface area (Å²) in [7, 11) is 0. The van der Waals surface area contributed by atoms with Crippen LogP contribution in [0.25, 0.3) is 11.5 Å². The van der Waals surface area contributed by atoms with Crippen molar-refractivity contribution in [3.63, 3.8) is 0 Å². The molecule has 8 heteroatoms. The molecule has 3 heterocycles. The van der Waals surface area contributed by atoms with Crippen molar-refractivity contribution in [2.45, 2.75) is 17.4 Å². The van der Waals surface area contributed by atoms with Crippen molar-refractivity contribution in [3.8, 4) is 23.0 Å². The highest BCUT2D eigenvalue weighted by Crippen LogP contribution is 2.39. The van der Waals surface area contributed by atoms with E-state index in [1.165, 1.54) is 11.8 Å². The number of fused-ring (bicyclic) bond motifs is 1. The molecule has 128 valence electrons. The van der Waals surface area contributed by atoms with Gasteiger partial charge in [-0.15, -0.1) is 10.2 Å². The number of aromatic nitrogens is 3. The molecule has 0 radical (unpaired) electrons. The number of thioether (sulfide) groups is 1. The fourth-order valence-corrected chi connectivity index (χ4v) is 3.37. The van der Waals surface area contributed by atoms with Gasteiger partial charge in [-0.05, 0) is 29.8 Å². The van der Waals surface area contributed by atoms with Crippen LogP contribution in [-0.4, -0.2) is 28.4 Å². The minimum atomic E-state index is 0.451. The van der Waals surface area contributed by atoms with Gasteiger partial charge in [0.2, 0.25) is 5.89 Å². The van der Waals surface area contributed by atoms with Crippen LogP contribution in [0.15, 0.2) is 46.3 Å². The van der Waals surface area contributed by atoms with Crippen molar-refractivity contribution >= 4 is 23.4 Å². The van der Waals surface area contributed by atoms with Crippen molar-refractivity contribution in [3.05, 3.63) is 47.2 Å². The molecule has 0 aliphatic carbocycles. The first-order chi connectivity index (χ1) is 12.3. The van der Waals surface area contributed by atoms with E-state index in [0.29, 0.717) is 46.6 Å². The second-order valence-corrected chi connectivity index (χ2v) is 6.69. The molecule has 3 aromatic rings. The van der Waals surface area contributed by atoms with Gasteiger partial charge in [-0.25, -0.2) is 0 Å². The lowest BCUT2D eigenvalue weighted by Crippen LogP contribution is -1.97. The third-order valence-corrected chi connectivity index (χ3v) is 4.71. The average Bonchev–Trinajstić information content (AvgIpc) is 2.98. The highest BCUT2D eigenvalue weighted by atomic mass is 35.5. The number of rotatable bonds is 4. The summed E-state index contributed by atoms with van der Waals surface area (Å²) in [5, 5.41) is 9.15. The van der Waals surface area contributed by atoms with E-state index in [-0.39, 0.29) is 0 Å². The lowest BCUT2D eigenvalue weighted by molar-refractivity contribution is 0.297. The van der Waals surface area contributed by atoms with Crippen LogP contribution in [-0.2, 0) is 5.75 Å². The topological polar surface area (TPSA) is 70.3 Å². The molecule has 0 unspecified atom stereocenters. The van der Waals surface area contributed by atoms with Crippen LogP contribution in [0.3, 0.4) is 0 Å². The molecule has 6 nitrogen and oxygen atoms in total. The summed E-state index contributed by atoms with van der Waals surface area (Å²) in [6.45, 7) is 1.23. The zero-order valence-corrected chi connectivity index (χ0v) is 14.7. The minimum absolute atomic E-state index is 0.451. The SMILES string of the molecule is Clc1cc(CSc2nnc(-c3cccnc3)o2)cc2c1OCCCO2. The van der Waals surface area contributed by atoms with E-state index in [4.69, 9.17) is 25.5 Å². The van der Waals surface area contributed by atoms with Crippen LogP contribution in [0.2, 0.25) is 5.02 Å². The molecular formula is C17H14ClN3O3S. The molecule has 0 atom stereocenters. The van der Waals surface area contributed by atoms with Crippen molar-refractivity contribution < 1.29 is 13.9 Å². The second kappa shape index (κ2) is 7.33. The molecule has 0 N–H and O–H groups in total. The van der Waals surface area contributed by atoms with Crippen molar-refractivity contribution in [1.82, 2.24) is 15.2 Å². The third-order valence-electron chi connectivity index (χ3n) is 3.54. The molecule has 1 aliphatic rings. The molecule has 0 spiro atoms. The zero-order chi connectivity index (χ0) is 17.1. The van der Waals surface area contributed by atoms with E-state index >= 15 is 0 Å². The Morgan fingerprint density at radius 1 is 1.16 bits per heavy atom. The summed E-state index contributed by atoms with van der Waals surface area (Å²) in [6.07, 6.45) is 4.23. The molecule has 2 aromatic heterocycles. The van der Waals surface area contributed by atoms with Crippen molar-refractivity contribution in [2.24, 2.45) is 0 Å².